The maximum atomic E-state index is 11.4. The lowest BCUT2D eigenvalue weighted by atomic mass is 9.75. The van der Waals surface area contributed by atoms with Gasteiger partial charge in [-0.25, -0.2) is 4.98 Å². The first kappa shape index (κ1) is 14.3. The first-order chi connectivity index (χ1) is 10.1. The summed E-state index contributed by atoms with van der Waals surface area (Å²) in [6, 6.07) is 5.73. The van der Waals surface area contributed by atoms with E-state index in [2.05, 4.69) is 16.9 Å². The van der Waals surface area contributed by atoms with Crippen molar-refractivity contribution in [1.29, 1.82) is 0 Å². The summed E-state index contributed by atoms with van der Waals surface area (Å²) in [5.74, 6) is 1.42. The molecule has 1 aromatic rings. The summed E-state index contributed by atoms with van der Waals surface area (Å²) in [4.78, 5) is 20.0. The van der Waals surface area contributed by atoms with Gasteiger partial charge < -0.3 is 9.64 Å². The highest BCUT2D eigenvalue weighted by molar-refractivity contribution is 5.74. The van der Waals surface area contributed by atoms with E-state index in [0.717, 1.165) is 32.5 Å². The third-order valence-electron chi connectivity index (χ3n) is 4.87. The number of pyridine rings is 1. The van der Waals surface area contributed by atoms with Gasteiger partial charge in [0.05, 0.1) is 12.1 Å². The first-order valence-corrected chi connectivity index (χ1v) is 7.60. The van der Waals surface area contributed by atoms with Crippen LogP contribution in [0.4, 0.5) is 0 Å². The van der Waals surface area contributed by atoms with Crippen molar-refractivity contribution in [2.45, 2.75) is 25.3 Å². The molecular formula is C16H23N3O2. The number of carbonyl (C=O) groups is 1. The maximum absolute atomic E-state index is 11.4. The lowest BCUT2D eigenvalue weighted by molar-refractivity contribution is -0.148. The van der Waals surface area contributed by atoms with E-state index in [4.69, 9.17) is 4.74 Å². The Morgan fingerprint density at radius 2 is 2.29 bits per heavy atom. The summed E-state index contributed by atoms with van der Waals surface area (Å²) in [5, 5.41) is 0. The second-order valence-corrected chi connectivity index (χ2v) is 6.36. The maximum Gasteiger partial charge on any atom is 0.219 e. The van der Waals surface area contributed by atoms with Crippen molar-refractivity contribution in [2.75, 3.05) is 33.3 Å². The van der Waals surface area contributed by atoms with Crippen molar-refractivity contribution in [3.8, 4) is 5.88 Å². The van der Waals surface area contributed by atoms with Crippen molar-refractivity contribution in [3.63, 3.8) is 0 Å². The van der Waals surface area contributed by atoms with E-state index in [9.17, 15) is 4.79 Å². The minimum atomic E-state index is 0.169. The van der Waals surface area contributed by atoms with E-state index in [1.807, 2.05) is 23.1 Å². The summed E-state index contributed by atoms with van der Waals surface area (Å²) >= 11 is 0. The van der Waals surface area contributed by atoms with Gasteiger partial charge in [-0.3, -0.25) is 9.69 Å². The van der Waals surface area contributed by atoms with Crippen LogP contribution in [0, 0.1) is 5.92 Å². The van der Waals surface area contributed by atoms with Gasteiger partial charge in [0, 0.05) is 32.3 Å². The number of ether oxygens (including phenoxy) is 1. The molecule has 1 atom stereocenters. The molecule has 0 saturated carbocycles. The molecule has 1 aromatic heterocycles. The van der Waals surface area contributed by atoms with Gasteiger partial charge >= 0.3 is 0 Å². The van der Waals surface area contributed by atoms with Crippen LogP contribution >= 0.6 is 0 Å². The van der Waals surface area contributed by atoms with Gasteiger partial charge in [-0.2, -0.15) is 0 Å². The van der Waals surface area contributed by atoms with E-state index in [1.54, 1.807) is 13.1 Å². The summed E-state index contributed by atoms with van der Waals surface area (Å²) in [7, 11) is 2.17. The van der Waals surface area contributed by atoms with Crippen molar-refractivity contribution in [2.24, 2.45) is 5.92 Å². The molecule has 1 spiro atoms. The fourth-order valence-electron chi connectivity index (χ4n) is 3.44. The molecule has 1 amide bonds. The number of likely N-dealkylation sites (N-methyl/N-ethyl adjacent to an activating group) is 1. The normalized spacial score (nSPS) is 24.7. The van der Waals surface area contributed by atoms with Gasteiger partial charge in [-0.05, 0) is 38.4 Å². The lowest BCUT2D eigenvalue weighted by Crippen LogP contribution is -2.72. The predicted molar refractivity (Wildman–Crippen MR) is 80.1 cm³/mol. The lowest BCUT2D eigenvalue weighted by Gasteiger charge is -2.58. The Morgan fingerprint density at radius 1 is 1.48 bits per heavy atom. The molecule has 0 radical (unpaired) electrons. The Kier molecular flexibility index (Phi) is 3.85. The van der Waals surface area contributed by atoms with Crippen molar-refractivity contribution in [1.82, 2.24) is 14.8 Å². The molecule has 5 heteroatoms. The van der Waals surface area contributed by atoms with Crippen LogP contribution in [-0.2, 0) is 4.79 Å². The SMILES string of the molecule is CC(=O)N1CC2(C[C@@H](COc3ccccn3)CCN2C)C1. The van der Waals surface area contributed by atoms with Crippen LogP contribution in [0.2, 0.25) is 0 Å². The summed E-state index contributed by atoms with van der Waals surface area (Å²) in [5.41, 5.74) is 0.169. The zero-order chi connectivity index (χ0) is 14.9. The molecule has 2 aliphatic rings. The Morgan fingerprint density at radius 3 is 2.95 bits per heavy atom. The molecular weight excluding hydrogens is 266 g/mol. The Bertz CT molecular complexity index is 500. The zero-order valence-corrected chi connectivity index (χ0v) is 12.8. The van der Waals surface area contributed by atoms with E-state index >= 15 is 0 Å². The van der Waals surface area contributed by atoms with E-state index < -0.39 is 0 Å². The highest BCUT2D eigenvalue weighted by atomic mass is 16.5. The number of amides is 1. The van der Waals surface area contributed by atoms with E-state index in [-0.39, 0.29) is 11.4 Å². The number of carbonyl (C=O) groups excluding carboxylic acids is 1. The van der Waals surface area contributed by atoms with Crippen LogP contribution in [0.1, 0.15) is 19.8 Å². The average Bonchev–Trinajstić information content (AvgIpc) is 2.45. The standard InChI is InChI=1S/C16H23N3O2/c1-13(20)19-11-16(12-19)9-14(6-8-18(16)2)10-21-15-5-3-4-7-17-15/h3-5,7,14H,6,8-12H2,1-2H3/t14-/m0/s1. The monoisotopic (exact) mass is 289 g/mol. The third-order valence-corrected chi connectivity index (χ3v) is 4.87. The summed E-state index contributed by atoms with van der Waals surface area (Å²) < 4.78 is 5.81. The van der Waals surface area contributed by atoms with Crippen LogP contribution in [0.15, 0.2) is 24.4 Å². The van der Waals surface area contributed by atoms with Crippen LogP contribution in [0.25, 0.3) is 0 Å². The second kappa shape index (κ2) is 5.64. The number of hydrogen-bond donors (Lipinski definition) is 0. The van der Waals surface area contributed by atoms with Crippen LogP contribution in [0.5, 0.6) is 5.88 Å². The largest absolute Gasteiger partial charge is 0.477 e. The first-order valence-electron chi connectivity index (χ1n) is 7.60. The van der Waals surface area contributed by atoms with E-state index in [0.29, 0.717) is 18.4 Å². The van der Waals surface area contributed by atoms with Gasteiger partial charge in [0.1, 0.15) is 0 Å². The number of aromatic nitrogens is 1. The predicted octanol–water partition coefficient (Wildman–Crippen LogP) is 1.40. The van der Waals surface area contributed by atoms with Gasteiger partial charge in [0.15, 0.2) is 0 Å². The Hall–Kier alpha value is -1.62. The molecule has 0 bridgehead atoms. The molecule has 0 aliphatic carbocycles. The Balaban J connectivity index is 1.55. The molecule has 114 valence electrons. The van der Waals surface area contributed by atoms with Gasteiger partial charge in [0.2, 0.25) is 11.8 Å². The van der Waals surface area contributed by atoms with Crippen LogP contribution < -0.4 is 4.74 Å². The Labute approximate surface area is 125 Å². The van der Waals surface area contributed by atoms with Crippen LogP contribution in [0.3, 0.4) is 0 Å². The van der Waals surface area contributed by atoms with Gasteiger partial charge in [-0.15, -0.1) is 0 Å². The minimum absolute atomic E-state index is 0.169. The molecule has 3 heterocycles. The fraction of sp³-hybridized carbons (Fsp3) is 0.625. The average molecular weight is 289 g/mol. The number of nitrogens with zero attached hydrogens (tertiary/aromatic N) is 3. The zero-order valence-electron chi connectivity index (χ0n) is 12.8. The molecule has 0 N–H and O–H groups in total. The highest BCUT2D eigenvalue weighted by Gasteiger charge is 2.50. The minimum Gasteiger partial charge on any atom is -0.477 e. The van der Waals surface area contributed by atoms with Crippen molar-refractivity contribution in [3.05, 3.63) is 24.4 Å². The smallest absolute Gasteiger partial charge is 0.219 e. The topological polar surface area (TPSA) is 45.7 Å². The van der Waals surface area contributed by atoms with E-state index in [1.165, 1.54) is 0 Å². The van der Waals surface area contributed by atoms with Gasteiger partial charge in [0.25, 0.3) is 0 Å². The number of likely N-dealkylation sites (tertiary alicyclic amines) is 2. The van der Waals surface area contributed by atoms with Crippen molar-refractivity contribution < 1.29 is 9.53 Å². The summed E-state index contributed by atoms with van der Waals surface area (Å²) in [6.07, 6.45) is 3.99. The number of rotatable bonds is 3. The molecule has 3 rings (SSSR count). The van der Waals surface area contributed by atoms with Crippen molar-refractivity contribution >= 4 is 5.91 Å². The second-order valence-electron chi connectivity index (χ2n) is 6.36. The molecule has 2 fully saturated rings. The highest BCUT2D eigenvalue weighted by Crippen LogP contribution is 2.38. The molecule has 5 nitrogen and oxygen atoms in total. The quantitative estimate of drug-likeness (QED) is 0.844. The summed E-state index contributed by atoms with van der Waals surface area (Å²) in [6.45, 7) is 5.16. The molecule has 0 aromatic carbocycles. The third kappa shape index (κ3) is 2.88. The van der Waals surface area contributed by atoms with Gasteiger partial charge in [-0.1, -0.05) is 6.07 Å². The van der Waals surface area contributed by atoms with Crippen LogP contribution in [-0.4, -0.2) is 59.5 Å². The number of piperidine rings is 1. The molecule has 2 saturated heterocycles. The molecule has 0 unspecified atom stereocenters. The number of hydrogen-bond acceptors (Lipinski definition) is 4. The molecule has 2 aliphatic heterocycles. The molecule has 21 heavy (non-hydrogen) atoms. The fourth-order valence-corrected chi connectivity index (χ4v) is 3.44.